The van der Waals surface area contributed by atoms with Crippen LogP contribution in [0.1, 0.15) is 46.1 Å². The lowest BCUT2D eigenvalue weighted by molar-refractivity contribution is -0.00753. The first-order valence-electron chi connectivity index (χ1n) is 6.32. The number of halogens is 1. The van der Waals surface area contributed by atoms with E-state index in [9.17, 15) is 9.50 Å². The Morgan fingerprint density at radius 2 is 1.53 bits per heavy atom. The molecule has 0 saturated carbocycles. The van der Waals surface area contributed by atoms with Crippen LogP contribution >= 0.6 is 0 Å². The number of hydrogen-bond donors (Lipinski definition) is 1. The smallest absolute Gasteiger partial charge is 0.129 e. The highest BCUT2D eigenvalue weighted by molar-refractivity contribution is 5.24. The van der Waals surface area contributed by atoms with E-state index < -0.39 is 5.60 Å². The maximum absolute atomic E-state index is 13.8. The second-order valence-corrected chi connectivity index (χ2v) is 5.71. The Kier molecular flexibility index (Phi) is 4.70. The molecule has 0 unspecified atom stereocenters. The molecule has 0 amide bonds. The van der Waals surface area contributed by atoms with Crippen molar-refractivity contribution in [2.24, 2.45) is 11.8 Å². The third-order valence-corrected chi connectivity index (χ3v) is 2.87. The van der Waals surface area contributed by atoms with Crippen LogP contribution < -0.4 is 0 Å². The zero-order valence-electron chi connectivity index (χ0n) is 11.2. The van der Waals surface area contributed by atoms with Crippen molar-refractivity contribution in [1.29, 1.82) is 0 Å². The number of aliphatic hydroxyl groups is 1. The largest absolute Gasteiger partial charge is 0.385 e. The molecule has 1 nitrogen and oxygen atoms in total. The molecule has 0 spiro atoms. The van der Waals surface area contributed by atoms with Crippen LogP contribution in [0.4, 0.5) is 4.39 Å². The third-order valence-electron chi connectivity index (χ3n) is 2.87. The maximum atomic E-state index is 13.8. The van der Waals surface area contributed by atoms with Gasteiger partial charge in [-0.2, -0.15) is 0 Å². The summed E-state index contributed by atoms with van der Waals surface area (Å²) in [5.41, 5.74) is -0.615. The van der Waals surface area contributed by atoms with Gasteiger partial charge in [-0.15, -0.1) is 0 Å². The van der Waals surface area contributed by atoms with Gasteiger partial charge in [0.2, 0.25) is 0 Å². The van der Waals surface area contributed by atoms with Crippen molar-refractivity contribution in [2.45, 2.75) is 46.1 Å². The highest BCUT2D eigenvalue weighted by Gasteiger charge is 2.33. The zero-order valence-corrected chi connectivity index (χ0v) is 11.2. The number of hydrogen-bond acceptors (Lipinski definition) is 1. The molecule has 0 aromatic heterocycles. The lowest BCUT2D eigenvalue weighted by atomic mass is 9.79. The van der Waals surface area contributed by atoms with Gasteiger partial charge in [0.15, 0.2) is 0 Å². The van der Waals surface area contributed by atoms with Crippen molar-refractivity contribution in [2.75, 3.05) is 0 Å². The molecule has 0 aliphatic carbocycles. The number of rotatable bonds is 5. The Labute approximate surface area is 104 Å². The van der Waals surface area contributed by atoms with Crippen LogP contribution in [0, 0.1) is 17.7 Å². The van der Waals surface area contributed by atoms with E-state index >= 15 is 0 Å². The molecular weight excluding hydrogens is 215 g/mol. The van der Waals surface area contributed by atoms with Gasteiger partial charge < -0.3 is 5.11 Å². The van der Waals surface area contributed by atoms with Crippen molar-refractivity contribution in [3.63, 3.8) is 0 Å². The van der Waals surface area contributed by atoms with Crippen molar-refractivity contribution >= 4 is 0 Å². The van der Waals surface area contributed by atoms with E-state index in [1.807, 2.05) is 27.7 Å². The summed E-state index contributed by atoms with van der Waals surface area (Å²) < 4.78 is 13.8. The molecule has 0 aliphatic rings. The molecule has 0 radical (unpaired) electrons. The van der Waals surface area contributed by atoms with E-state index in [2.05, 4.69) is 0 Å². The normalized spacial score (nSPS) is 12.5. The van der Waals surface area contributed by atoms with E-state index in [0.29, 0.717) is 30.2 Å². The van der Waals surface area contributed by atoms with Gasteiger partial charge in [-0.1, -0.05) is 45.9 Å². The van der Waals surface area contributed by atoms with Gasteiger partial charge in [-0.3, -0.25) is 0 Å². The Morgan fingerprint density at radius 1 is 1.06 bits per heavy atom. The SMILES string of the molecule is CC(C)CC(O)(CC(C)C)c1ccccc1F. The Hall–Kier alpha value is -0.890. The molecule has 0 fully saturated rings. The third kappa shape index (κ3) is 3.81. The Balaban J connectivity index is 3.09. The van der Waals surface area contributed by atoms with Crippen LogP contribution in [0.25, 0.3) is 0 Å². The van der Waals surface area contributed by atoms with Crippen molar-refractivity contribution in [1.82, 2.24) is 0 Å². The van der Waals surface area contributed by atoms with Crippen LogP contribution in [0.3, 0.4) is 0 Å². The molecule has 0 bridgehead atoms. The lowest BCUT2D eigenvalue weighted by Crippen LogP contribution is -2.30. The van der Waals surface area contributed by atoms with Crippen molar-refractivity contribution < 1.29 is 9.50 Å². The molecule has 1 aromatic carbocycles. The fourth-order valence-corrected chi connectivity index (χ4v) is 2.49. The fourth-order valence-electron chi connectivity index (χ4n) is 2.49. The quantitative estimate of drug-likeness (QED) is 0.818. The fraction of sp³-hybridized carbons (Fsp3) is 0.600. The summed E-state index contributed by atoms with van der Waals surface area (Å²) in [6.07, 6.45) is 1.18. The zero-order chi connectivity index (χ0) is 13.1. The molecule has 1 N–H and O–H groups in total. The van der Waals surface area contributed by atoms with E-state index in [-0.39, 0.29) is 5.82 Å². The summed E-state index contributed by atoms with van der Waals surface area (Å²) in [6, 6.07) is 6.55. The average molecular weight is 238 g/mol. The van der Waals surface area contributed by atoms with Gasteiger partial charge in [0.1, 0.15) is 5.82 Å². The number of benzene rings is 1. The van der Waals surface area contributed by atoms with Crippen LogP contribution in [0.15, 0.2) is 24.3 Å². The van der Waals surface area contributed by atoms with Gasteiger partial charge in [0.05, 0.1) is 5.60 Å². The highest BCUT2D eigenvalue weighted by Crippen LogP contribution is 2.36. The van der Waals surface area contributed by atoms with Crippen LogP contribution in [-0.4, -0.2) is 5.11 Å². The van der Waals surface area contributed by atoms with E-state index in [1.165, 1.54) is 6.07 Å². The Morgan fingerprint density at radius 3 is 1.94 bits per heavy atom. The lowest BCUT2D eigenvalue weighted by Gasteiger charge is -2.32. The predicted molar refractivity (Wildman–Crippen MR) is 69.2 cm³/mol. The first-order valence-corrected chi connectivity index (χ1v) is 6.32. The monoisotopic (exact) mass is 238 g/mol. The molecule has 0 saturated heterocycles. The van der Waals surface area contributed by atoms with Gasteiger partial charge in [0.25, 0.3) is 0 Å². The molecule has 2 heteroatoms. The first-order chi connectivity index (χ1) is 7.85. The van der Waals surface area contributed by atoms with E-state index in [1.54, 1.807) is 18.2 Å². The van der Waals surface area contributed by atoms with Gasteiger partial charge in [-0.25, -0.2) is 4.39 Å². The van der Waals surface area contributed by atoms with E-state index in [0.717, 1.165) is 0 Å². The summed E-state index contributed by atoms with van der Waals surface area (Å²) in [4.78, 5) is 0. The summed E-state index contributed by atoms with van der Waals surface area (Å²) >= 11 is 0. The molecule has 0 atom stereocenters. The minimum absolute atomic E-state index is 0.309. The molecule has 17 heavy (non-hydrogen) atoms. The maximum Gasteiger partial charge on any atom is 0.129 e. The molecule has 96 valence electrons. The molecule has 0 aliphatic heterocycles. The standard InChI is InChI=1S/C15H23FO/c1-11(2)9-15(17,10-12(3)4)13-7-5-6-8-14(13)16/h5-8,11-12,17H,9-10H2,1-4H3. The van der Waals surface area contributed by atoms with Crippen molar-refractivity contribution in [3.8, 4) is 0 Å². The summed E-state index contributed by atoms with van der Waals surface area (Å²) in [5.74, 6) is 0.355. The van der Waals surface area contributed by atoms with E-state index in [4.69, 9.17) is 0 Å². The molecule has 1 aromatic rings. The predicted octanol–water partition coefficient (Wildman–Crippen LogP) is 4.11. The minimum atomic E-state index is -1.05. The van der Waals surface area contributed by atoms with Crippen LogP contribution in [0.2, 0.25) is 0 Å². The van der Waals surface area contributed by atoms with Gasteiger partial charge in [-0.05, 0) is 30.7 Å². The second-order valence-electron chi connectivity index (χ2n) is 5.71. The minimum Gasteiger partial charge on any atom is -0.385 e. The van der Waals surface area contributed by atoms with Crippen molar-refractivity contribution in [3.05, 3.63) is 35.6 Å². The summed E-state index contributed by atoms with van der Waals surface area (Å²) in [7, 11) is 0. The second kappa shape index (κ2) is 5.63. The first kappa shape index (κ1) is 14.2. The van der Waals surface area contributed by atoms with Gasteiger partial charge >= 0.3 is 0 Å². The highest BCUT2D eigenvalue weighted by atomic mass is 19.1. The van der Waals surface area contributed by atoms with Crippen LogP contribution in [-0.2, 0) is 5.60 Å². The topological polar surface area (TPSA) is 20.2 Å². The molecule has 0 heterocycles. The summed E-state index contributed by atoms with van der Waals surface area (Å²) in [6.45, 7) is 8.19. The average Bonchev–Trinajstić information content (AvgIpc) is 2.15. The van der Waals surface area contributed by atoms with Crippen LogP contribution in [0.5, 0.6) is 0 Å². The van der Waals surface area contributed by atoms with Gasteiger partial charge in [0, 0.05) is 5.56 Å². The molecular formula is C15H23FO. The molecule has 1 rings (SSSR count). The summed E-state index contributed by atoms with van der Waals surface area (Å²) in [5, 5.41) is 10.8. The Bertz CT molecular complexity index is 348.